The highest BCUT2D eigenvalue weighted by Crippen LogP contribution is 2.31. The van der Waals surface area contributed by atoms with Crippen LogP contribution in [0.2, 0.25) is 0 Å². The number of piperidine rings is 1. The molecule has 8 heteroatoms. The van der Waals surface area contributed by atoms with Crippen molar-refractivity contribution in [2.45, 2.75) is 43.2 Å². The van der Waals surface area contributed by atoms with Crippen LogP contribution in [0.25, 0.3) is 0 Å². The highest BCUT2D eigenvalue weighted by Gasteiger charge is 2.38. The summed E-state index contributed by atoms with van der Waals surface area (Å²) in [5.41, 5.74) is 5.49. The second-order valence-corrected chi connectivity index (χ2v) is 7.12. The quantitative estimate of drug-likeness (QED) is 0.669. The third-order valence-electron chi connectivity index (χ3n) is 3.75. The van der Waals surface area contributed by atoms with E-state index >= 15 is 0 Å². The summed E-state index contributed by atoms with van der Waals surface area (Å²) in [7, 11) is -3.92. The molecule has 1 aromatic carbocycles. The van der Waals surface area contributed by atoms with E-state index < -0.39 is 20.6 Å². The molecule has 1 aliphatic heterocycles. The van der Waals surface area contributed by atoms with Crippen LogP contribution in [0.4, 0.5) is 5.69 Å². The fraction of sp³-hybridized carbons (Fsp3) is 0.538. The first kappa shape index (κ1) is 15.9. The van der Waals surface area contributed by atoms with E-state index in [2.05, 4.69) is 0 Å². The molecule has 0 bridgehead atoms. The van der Waals surface area contributed by atoms with Crippen molar-refractivity contribution in [3.8, 4) is 0 Å². The summed E-state index contributed by atoms with van der Waals surface area (Å²) in [6.07, 6.45) is 2.33. The molecular weight excluding hydrogens is 294 g/mol. The van der Waals surface area contributed by atoms with Crippen molar-refractivity contribution in [1.29, 1.82) is 0 Å². The van der Waals surface area contributed by atoms with Crippen molar-refractivity contribution in [2.75, 3.05) is 6.54 Å². The number of hydrogen-bond acceptors (Lipinski definition) is 5. The van der Waals surface area contributed by atoms with E-state index in [0.717, 1.165) is 12.8 Å². The van der Waals surface area contributed by atoms with E-state index in [1.807, 2.05) is 0 Å². The third kappa shape index (κ3) is 3.07. The van der Waals surface area contributed by atoms with Crippen molar-refractivity contribution in [1.82, 2.24) is 4.31 Å². The SMILES string of the molecule is CC(N)C1CCCCN1S(=O)(=O)c1ccccc1[N+](=O)[O-]. The van der Waals surface area contributed by atoms with Gasteiger partial charge in [-0.1, -0.05) is 18.6 Å². The number of nitro groups is 1. The summed E-state index contributed by atoms with van der Waals surface area (Å²) >= 11 is 0. The zero-order chi connectivity index (χ0) is 15.6. The van der Waals surface area contributed by atoms with Crippen molar-refractivity contribution in [3.05, 3.63) is 34.4 Å². The number of rotatable bonds is 4. The summed E-state index contributed by atoms with van der Waals surface area (Å²) in [6.45, 7) is 2.11. The maximum absolute atomic E-state index is 12.8. The first-order chi connectivity index (χ1) is 9.85. The lowest BCUT2D eigenvalue weighted by atomic mass is 10.00. The minimum absolute atomic E-state index is 0.262. The van der Waals surface area contributed by atoms with Crippen molar-refractivity contribution in [3.63, 3.8) is 0 Å². The van der Waals surface area contributed by atoms with Gasteiger partial charge in [-0.3, -0.25) is 10.1 Å². The topological polar surface area (TPSA) is 107 Å². The Hall–Kier alpha value is -1.51. The monoisotopic (exact) mass is 313 g/mol. The van der Waals surface area contributed by atoms with Gasteiger partial charge in [-0.15, -0.1) is 0 Å². The van der Waals surface area contributed by atoms with Gasteiger partial charge >= 0.3 is 0 Å². The van der Waals surface area contributed by atoms with Crippen LogP contribution in [-0.4, -0.2) is 36.3 Å². The van der Waals surface area contributed by atoms with E-state index in [9.17, 15) is 18.5 Å². The lowest BCUT2D eigenvalue weighted by molar-refractivity contribution is -0.387. The van der Waals surface area contributed by atoms with Gasteiger partial charge in [0.2, 0.25) is 10.0 Å². The molecule has 2 unspecified atom stereocenters. The van der Waals surface area contributed by atoms with Crippen molar-refractivity contribution >= 4 is 15.7 Å². The average molecular weight is 313 g/mol. The van der Waals surface area contributed by atoms with Gasteiger partial charge in [-0.2, -0.15) is 4.31 Å². The van der Waals surface area contributed by atoms with Gasteiger partial charge in [0.1, 0.15) is 0 Å². The largest absolute Gasteiger partial charge is 0.326 e. The predicted octanol–water partition coefficient (Wildman–Crippen LogP) is 1.49. The summed E-state index contributed by atoms with van der Waals surface area (Å²) in [4.78, 5) is 10.1. The fourth-order valence-corrected chi connectivity index (χ4v) is 4.64. The molecule has 0 aliphatic carbocycles. The molecule has 2 atom stereocenters. The maximum Gasteiger partial charge on any atom is 0.289 e. The molecule has 0 spiro atoms. The standard InChI is InChI=1S/C13H19N3O4S/c1-10(14)11-6-4-5-9-15(11)21(19,20)13-8-3-2-7-12(13)16(17)18/h2-3,7-8,10-11H,4-6,9,14H2,1H3. The van der Waals surface area contributed by atoms with Crippen LogP contribution in [-0.2, 0) is 10.0 Å². The lowest BCUT2D eigenvalue weighted by Gasteiger charge is -2.36. The molecule has 1 heterocycles. The number of para-hydroxylation sites is 1. The number of nitrogens with zero attached hydrogens (tertiary/aromatic N) is 2. The minimum atomic E-state index is -3.92. The van der Waals surface area contributed by atoms with Crippen LogP contribution in [0.15, 0.2) is 29.2 Å². The van der Waals surface area contributed by atoms with Crippen LogP contribution in [0.1, 0.15) is 26.2 Å². The van der Waals surface area contributed by atoms with Crippen LogP contribution in [0.5, 0.6) is 0 Å². The molecule has 1 aliphatic rings. The molecule has 0 saturated carbocycles. The molecule has 116 valence electrons. The first-order valence-corrected chi connectivity index (χ1v) is 8.30. The molecule has 2 rings (SSSR count). The second-order valence-electron chi connectivity index (χ2n) is 5.26. The second kappa shape index (κ2) is 6.08. The Kier molecular flexibility index (Phi) is 4.60. The van der Waals surface area contributed by atoms with Gasteiger partial charge in [0.05, 0.1) is 4.92 Å². The summed E-state index contributed by atoms with van der Waals surface area (Å²) < 4.78 is 26.9. The lowest BCUT2D eigenvalue weighted by Crippen LogP contribution is -2.51. The molecule has 7 nitrogen and oxygen atoms in total. The summed E-state index contributed by atoms with van der Waals surface area (Å²) in [5.74, 6) is 0. The Labute approximate surface area is 123 Å². The van der Waals surface area contributed by atoms with E-state index in [1.165, 1.54) is 28.6 Å². The molecule has 1 aromatic rings. The first-order valence-electron chi connectivity index (χ1n) is 6.86. The van der Waals surface area contributed by atoms with E-state index in [-0.39, 0.29) is 17.0 Å². The molecular formula is C13H19N3O4S. The van der Waals surface area contributed by atoms with Gasteiger partial charge in [0.25, 0.3) is 5.69 Å². The highest BCUT2D eigenvalue weighted by atomic mass is 32.2. The van der Waals surface area contributed by atoms with E-state index in [1.54, 1.807) is 6.92 Å². The smallest absolute Gasteiger partial charge is 0.289 e. The third-order valence-corrected chi connectivity index (χ3v) is 5.73. The highest BCUT2D eigenvalue weighted by molar-refractivity contribution is 7.89. The van der Waals surface area contributed by atoms with Crippen LogP contribution >= 0.6 is 0 Å². The van der Waals surface area contributed by atoms with Crippen molar-refractivity contribution in [2.24, 2.45) is 5.73 Å². The van der Waals surface area contributed by atoms with Gasteiger partial charge in [0, 0.05) is 24.7 Å². The van der Waals surface area contributed by atoms with Crippen LogP contribution < -0.4 is 5.73 Å². The summed E-state index contributed by atoms with van der Waals surface area (Å²) in [5, 5.41) is 11.1. The summed E-state index contributed by atoms with van der Waals surface area (Å²) in [6, 6.07) is 4.80. The van der Waals surface area contributed by atoms with Gasteiger partial charge < -0.3 is 5.73 Å². The Morgan fingerprint density at radius 1 is 1.38 bits per heavy atom. The molecule has 0 aromatic heterocycles. The number of nitro benzene ring substituents is 1. The molecule has 21 heavy (non-hydrogen) atoms. The van der Waals surface area contributed by atoms with Crippen LogP contribution in [0, 0.1) is 10.1 Å². The zero-order valence-corrected chi connectivity index (χ0v) is 12.6. The number of nitrogens with two attached hydrogens (primary N) is 1. The van der Waals surface area contributed by atoms with Gasteiger partial charge in [-0.05, 0) is 25.8 Å². The number of benzene rings is 1. The number of hydrogen-bond donors (Lipinski definition) is 1. The molecule has 2 N–H and O–H groups in total. The number of sulfonamides is 1. The normalized spacial score (nSPS) is 21.9. The van der Waals surface area contributed by atoms with E-state index in [4.69, 9.17) is 5.73 Å². The molecule has 0 amide bonds. The zero-order valence-electron chi connectivity index (χ0n) is 11.8. The molecule has 0 radical (unpaired) electrons. The minimum Gasteiger partial charge on any atom is -0.326 e. The van der Waals surface area contributed by atoms with Gasteiger partial charge in [-0.25, -0.2) is 8.42 Å². The molecule has 1 fully saturated rings. The van der Waals surface area contributed by atoms with Crippen LogP contribution in [0.3, 0.4) is 0 Å². The Bertz CT molecular complexity index is 630. The Morgan fingerprint density at radius 2 is 2.05 bits per heavy atom. The Balaban J connectivity index is 2.48. The molecule has 1 saturated heterocycles. The predicted molar refractivity (Wildman–Crippen MR) is 78.3 cm³/mol. The fourth-order valence-electron chi connectivity index (χ4n) is 2.71. The van der Waals surface area contributed by atoms with Gasteiger partial charge in [0.15, 0.2) is 4.90 Å². The maximum atomic E-state index is 12.8. The average Bonchev–Trinajstić information content (AvgIpc) is 2.47. The van der Waals surface area contributed by atoms with Crippen molar-refractivity contribution < 1.29 is 13.3 Å². The Morgan fingerprint density at radius 3 is 2.67 bits per heavy atom. The van der Waals surface area contributed by atoms with E-state index in [0.29, 0.717) is 13.0 Å².